The predicted molar refractivity (Wildman–Crippen MR) is 134 cm³/mol. The Balaban J connectivity index is 1.76. The number of ether oxygens (including phenoxy) is 3. The van der Waals surface area contributed by atoms with Crippen LogP contribution in [0.4, 0.5) is 5.95 Å². The fraction of sp³-hybridized carbons (Fsp3) is 0.304. The Hall–Kier alpha value is -3.18. The summed E-state index contributed by atoms with van der Waals surface area (Å²) in [6.07, 6.45) is 3.76. The van der Waals surface area contributed by atoms with Crippen molar-refractivity contribution in [2.45, 2.75) is 18.5 Å². The van der Waals surface area contributed by atoms with Gasteiger partial charge in [-0.25, -0.2) is 15.0 Å². The number of nitrogens with two attached hydrogens (primary N) is 1. The summed E-state index contributed by atoms with van der Waals surface area (Å²) < 4.78 is 17.6. The molecule has 4 heterocycles. The van der Waals surface area contributed by atoms with E-state index in [2.05, 4.69) is 20.3 Å². The molecule has 1 aromatic carbocycles. The zero-order chi connectivity index (χ0) is 24.7. The third-order valence-corrected chi connectivity index (χ3v) is 6.70. The predicted octanol–water partition coefficient (Wildman–Crippen LogP) is 3.18. The van der Waals surface area contributed by atoms with Gasteiger partial charge < -0.3 is 25.3 Å². The van der Waals surface area contributed by atoms with Gasteiger partial charge in [-0.05, 0) is 18.6 Å². The van der Waals surface area contributed by atoms with Crippen molar-refractivity contribution in [3.8, 4) is 17.2 Å². The van der Waals surface area contributed by atoms with Gasteiger partial charge in [0.05, 0.1) is 43.5 Å². The molecule has 0 spiro atoms. The number of anilines is 1. The minimum Gasteiger partial charge on any atom is -0.495 e. The molecule has 5 rings (SSSR count). The number of hydrogen-bond donors (Lipinski definition) is 2. The third kappa shape index (κ3) is 4.02. The largest absolute Gasteiger partial charge is 0.495 e. The van der Waals surface area contributed by atoms with Crippen molar-refractivity contribution in [3.05, 3.63) is 51.0 Å². The highest BCUT2D eigenvalue weighted by atomic mass is 35.5. The lowest BCUT2D eigenvalue weighted by molar-refractivity contribution is 0.0766. The second kappa shape index (κ2) is 9.46. The zero-order valence-corrected chi connectivity index (χ0v) is 20.4. The molecule has 12 heteroatoms. The maximum absolute atomic E-state index is 13.8. The van der Waals surface area contributed by atoms with Gasteiger partial charge >= 0.3 is 0 Å². The van der Waals surface area contributed by atoms with Gasteiger partial charge in [-0.3, -0.25) is 9.36 Å². The van der Waals surface area contributed by atoms with E-state index < -0.39 is 5.56 Å². The average molecular weight is 517 g/mol. The molecule has 0 unspecified atom stereocenters. The molecular formula is C23H22Cl2N6O4. The van der Waals surface area contributed by atoms with Crippen LogP contribution in [0.15, 0.2) is 35.4 Å². The number of nitrogens with zero attached hydrogens (tertiary/aromatic N) is 4. The molecule has 1 aliphatic heterocycles. The molecule has 10 nitrogen and oxygen atoms in total. The van der Waals surface area contributed by atoms with Crippen molar-refractivity contribution in [3.63, 3.8) is 0 Å². The SMILES string of the molecule is COc1cc(OC)c(Cl)c(-n2c(=O)c3cnc(N[C@@H]4COCC[C@@H]4N)nc3c3cccnc32)c1Cl. The Bertz CT molecular complexity index is 1470. The first-order valence-corrected chi connectivity index (χ1v) is 11.6. The fourth-order valence-corrected chi connectivity index (χ4v) is 4.81. The molecule has 0 radical (unpaired) electrons. The Morgan fingerprint density at radius 3 is 2.60 bits per heavy atom. The maximum atomic E-state index is 13.8. The minimum atomic E-state index is -0.449. The van der Waals surface area contributed by atoms with E-state index in [4.69, 9.17) is 43.1 Å². The third-order valence-electron chi connectivity index (χ3n) is 5.97. The van der Waals surface area contributed by atoms with Gasteiger partial charge in [-0.1, -0.05) is 23.2 Å². The van der Waals surface area contributed by atoms with Crippen LogP contribution < -0.4 is 26.1 Å². The van der Waals surface area contributed by atoms with Crippen molar-refractivity contribution in [2.75, 3.05) is 32.8 Å². The van der Waals surface area contributed by atoms with Crippen LogP contribution in [0.1, 0.15) is 6.42 Å². The molecule has 1 saturated heterocycles. The van der Waals surface area contributed by atoms with E-state index in [0.29, 0.717) is 47.2 Å². The summed E-state index contributed by atoms with van der Waals surface area (Å²) in [5.74, 6) is 0.923. The van der Waals surface area contributed by atoms with E-state index in [9.17, 15) is 4.79 Å². The van der Waals surface area contributed by atoms with E-state index in [1.807, 2.05) is 6.07 Å². The number of rotatable bonds is 5. The summed E-state index contributed by atoms with van der Waals surface area (Å²) in [5.41, 5.74) is 6.69. The van der Waals surface area contributed by atoms with Crippen molar-refractivity contribution in [1.29, 1.82) is 0 Å². The number of halogens is 2. The van der Waals surface area contributed by atoms with E-state index >= 15 is 0 Å². The number of benzene rings is 1. The molecule has 1 fully saturated rings. The van der Waals surface area contributed by atoms with E-state index in [1.165, 1.54) is 25.0 Å². The first-order valence-electron chi connectivity index (χ1n) is 10.8. The van der Waals surface area contributed by atoms with Gasteiger partial charge in [0, 0.05) is 36.5 Å². The minimum absolute atomic E-state index is 0.0956. The first-order chi connectivity index (χ1) is 16.9. The van der Waals surface area contributed by atoms with Crippen LogP contribution in [0.5, 0.6) is 11.5 Å². The van der Waals surface area contributed by atoms with E-state index in [0.717, 1.165) is 6.42 Å². The Morgan fingerprint density at radius 1 is 1.17 bits per heavy atom. The van der Waals surface area contributed by atoms with Crippen LogP contribution in [0.3, 0.4) is 0 Å². The summed E-state index contributed by atoms with van der Waals surface area (Å²) in [4.78, 5) is 27.3. The molecule has 35 heavy (non-hydrogen) atoms. The highest BCUT2D eigenvalue weighted by Crippen LogP contribution is 2.43. The Labute approximate surface area is 209 Å². The van der Waals surface area contributed by atoms with Crippen molar-refractivity contribution >= 4 is 51.1 Å². The number of aromatic nitrogens is 4. The van der Waals surface area contributed by atoms with Gasteiger partial charge in [-0.2, -0.15) is 0 Å². The lowest BCUT2D eigenvalue weighted by Gasteiger charge is -2.29. The van der Waals surface area contributed by atoms with Gasteiger partial charge in [-0.15, -0.1) is 0 Å². The van der Waals surface area contributed by atoms with Crippen molar-refractivity contribution < 1.29 is 14.2 Å². The maximum Gasteiger partial charge on any atom is 0.267 e. The zero-order valence-electron chi connectivity index (χ0n) is 18.9. The van der Waals surface area contributed by atoms with Crippen LogP contribution in [0, 0.1) is 0 Å². The quantitative estimate of drug-likeness (QED) is 0.384. The standard InChI is InChI=1S/C23H22Cl2N6O4/c1-33-15-8-16(34-2)18(25)20(17(15)24)31-21-11(4-3-6-27-21)19-12(22(31)32)9-28-23(30-19)29-14-10-35-7-5-13(14)26/h3-4,6,8-9,13-14H,5,7,10,26H2,1-2H3,(H,28,29,30)/t13-,14+/m0/s1. The smallest absolute Gasteiger partial charge is 0.267 e. The molecule has 0 saturated carbocycles. The molecule has 3 N–H and O–H groups in total. The molecule has 4 aromatic rings. The first kappa shape index (κ1) is 23.6. The van der Waals surface area contributed by atoms with Crippen LogP contribution >= 0.6 is 23.2 Å². The monoisotopic (exact) mass is 516 g/mol. The fourth-order valence-electron chi connectivity index (χ4n) is 4.14. The van der Waals surface area contributed by atoms with Crippen LogP contribution in [0.2, 0.25) is 10.0 Å². The van der Waals surface area contributed by atoms with Gasteiger partial charge in [0.25, 0.3) is 5.56 Å². The lowest BCUT2D eigenvalue weighted by Crippen LogP contribution is -2.47. The summed E-state index contributed by atoms with van der Waals surface area (Å²) >= 11 is 13.3. The summed E-state index contributed by atoms with van der Waals surface area (Å²) in [5, 5.41) is 4.36. The average Bonchev–Trinajstić information content (AvgIpc) is 2.87. The molecule has 0 bridgehead atoms. The van der Waals surface area contributed by atoms with Crippen LogP contribution in [0.25, 0.3) is 27.6 Å². The molecule has 0 aliphatic carbocycles. The number of nitrogens with one attached hydrogen (secondary N) is 1. The number of methoxy groups -OCH3 is 2. The summed E-state index contributed by atoms with van der Waals surface area (Å²) in [6.45, 7) is 1.06. The van der Waals surface area contributed by atoms with E-state index in [-0.39, 0.29) is 33.2 Å². The second-order valence-electron chi connectivity index (χ2n) is 8.01. The molecule has 1 aliphatic rings. The Morgan fingerprint density at radius 2 is 1.91 bits per heavy atom. The number of hydrogen-bond acceptors (Lipinski definition) is 9. The highest BCUT2D eigenvalue weighted by Gasteiger charge is 2.26. The van der Waals surface area contributed by atoms with Gasteiger partial charge in [0.2, 0.25) is 5.95 Å². The normalized spacial score (nSPS) is 18.1. The molecule has 182 valence electrons. The Kier molecular flexibility index (Phi) is 6.37. The topological polar surface area (TPSA) is 126 Å². The number of pyridine rings is 2. The van der Waals surface area contributed by atoms with Crippen molar-refractivity contribution in [2.24, 2.45) is 5.73 Å². The summed E-state index contributed by atoms with van der Waals surface area (Å²) in [7, 11) is 2.92. The molecule has 3 aromatic heterocycles. The molecule has 2 atom stereocenters. The lowest BCUT2D eigenvalue weighted by atomic mass is 10.1. The van der Waals surface area contributed by atoms with E-state index in [1.54, 1.807) is 18.3 Å². The molecule has 0 amide bonds. The van der Waals surface area contributed by atoms with Crippen LogP contribution in [-0.4, -0.2) is 59.0 Å². The van der Waals surface area contributed by atoms with Gasteiger partial charge in [0.1, 0.15) is 27.2 Å². The molecular weight excluding hydrogens is 495 g/mol. The van der Waals surface area contributed by atoms with Crippen molar-refractivity contribution in [1.82, 2.24) is 19.5 Å². The highest BCUT2D eigenvalue weighted by molar-refractivity contribution is 6.39. The summed E-state index contributed by atoms with van der Waals surface area (Å²) in [6, 6.07) is 4.88. The number of fused-ring (bicyclic) bond motifs is 3. The van der Waals surface area contributed by atoms with Gasteiger partial charge in [0.15, 0.2) is 0 Å². The van der Waals surface area contributed by atoms with Crippen LogP contribution in [-0.2, 0) is 4.74 Å². The second-order valence-corrected chi connectivity index (χ2v) is 8.76.